The van der Waals surface area contributed by atoms with Gasteiger partial charge in [0.1, 0.15) is 11.3 Å². The van der Waals surface area contributed by atoms with Gasteiger partial charge in [-0.3, -0.25) is 4.79 Å². The van der Waals surface area contributed by atoms with Crippen molar-refractivity contribution < 1.29 is 13.9 Å². The first kappa shape index (κ1) is 15.2. The molecular formula is C19H18O4. The third-order valence-electron chi connectivity index (χ3n) is 4.02. The number of ether oxygens (including phenoxy) is 2. The zero-order valence-corrected chi connectivity index (χ0v) is 13.6. The van der Waals surface area contributed by atoms with Gasteiger partial charge in [0.2, 0.25) is 11.2 Å². The van der Waals surface area contributed by atoms with Crippen LogP contribution in [0, 0.1) is 13.8 Å². The molecule has 1 heterocycles. The van der Waals surface area contributed by atoms with Crippen molar-refractivity contribution >= 4 is 11.0 Å². The van der Waals surface area contributed by atoms with Crippen molar-refractivity contribution in [1.29, 1.82) is 0 Å². The largest absolute Gasteiger partial charge is 0.497 e. The average Bonchev–Trinajstić information content (AvgIpc) is 2.57. The Labute approximate surface area is 134 Å². The maximum Gasteiger partial charge on any atom is 0.235 e. The monoisotopic (exact) mass is 310 g/mol. The molecule has 0 aliphatic heterocycles. The lowest BCUT2D eigenvalue weighted by molar-refractivity contribution is 0.398. The lowest BCUT2D eigenvalue weighted by atomic mass is 10.0. The van der Waals surface area contributed by atoms with Gasteiger partial charge in [-0.05, 0) is 61.4 Å². The second-order valence-corrected chi connectivity index (χ2v) is 5.45. The van der Waals surface area contributed by atoms with Crippen LogP contribution in [-0.4, -0.2) is 14.2 Å². The molecule has 0 fully saturated rings. The SMILES string of the molecule is COc1ccc(-c2oc3cc(C)c(C)cc3c(=O)c2OC)cc1. The van der Waals surface area contributed by atoms with Gasteiger partial charge in [0.15, 0.2) is 5.76 Å². The minimum Gasteiger partial charge on any atom is -0.497 e. The van der Waals surface area contributed by atoms with Crippen molar-refractivity contribution in [2.75, 3.05) is 14.2 Å². The van der Waals surface area contributed by atoms with Crippen LogP contribution in [0.25, 0.3) is 22.3 Å². The zero-order chi connectivity index (χ0) is 16.6. The standard InChI is InChI=1S/C19H18O4/c1-11-9-15-16(10-12(11)2)23-18(19(22-4)17(15)20)13-5-7-14(21-3)8-6-13/h5-10H,1-4H3. The summed E-state index contributed by atoms with van der Waals surface area (Å²) in [5, 5.41) is 0.530. The smallest absolute Gasteiger partial charge is 0.235 e. The highest BCUT2D eigenvalue weighted by Gasteiger charge is 2.17. The van der Waals surface area contributed by atoms with Gasteiger partial charge in [-0.2, -0.15) is 0 Å². The molecule has 0 radical (unpaired) electrons. The Hall–Kier alpha value is -2.75. The summed E-state index contributed by atoms with van der Waals surface area (Å²) in [6.45, 7) is 3.96. The highest BCUT2D eigenvalue weighted by molar-refractivity contribution is 5.83. The summed E-state index contributed by atoms with van der Waals surface area (Å²) in [7, 11) is 3.09. The van der Waals surface area contributed by atoms with Gasteiger partial charge in [-0.15, -0.1) is 0 Å². The number of fused-ring (bicyclic) bond motifs is 1. The molecule has 23 heavy (non-hydrogen) atoms. The normalized spacial score (nSPS) is 10.8. The van der Waals surface area contributed by atoms with Crippen molar-refractivity contribution in [3.63, 3.8) is 0 Å². The Morgan fingerprint density at radius 2 is 1.57 bits per heavy atom. The van der Waals surface area contributed by atoms with E-state index in [1.807, 2.05) is 50.2 Å². The maximum absolute atomic E-state index is 12.7. The first-order valence-electron chi connectivity index (χ1n) is 7.31. The molecule has 0 saturated carbocycles. The molecule has 118 valence electrons. The van der Waals surface area contributed by atoms with Crippen LogP contribution in [0.15, 0.2) is 45.6 Å². The van der Waals surface area contributed by atoms with Gasteiger partial charge in [0.05, 0.1) is 19.6 Å². The van der Waals surface area contributed by atoms with Crippen molar-refractivity contribution in [3.8, 4) is 22.8 Å². The Morgan fingerprint density at radius 1 is 0.913 bits per heavy atom. The minimum atomic E-state index is -0.164. The van der Waals surface area contributed by atoms with Crippen LogP contribution in [0.5, 0.6) is 11.5 Å². The molecule has 2 aromatic carbocycles. The van der Waals surface area contributed by atoms with E-state index < -0.39 is 0 Å². The van der Waals surface area contributed by atoms with Crippen molar-refractivity contribution in [1.82, 2.24) is 0 Å². The third-order valence-corrected chi connectivity index (χ3v) is 4.02. The predicted molar refractivity (Wildman–Crippen MR) is 90.5 cm³/mol. The van der Waals surface area contributed by atoms with Crippen LogP contribution in [0.2, 0.25) is 0 Å². The lowest BCUT2D eigenvalue weighted by Gasteiger charge is -2.11. The van der Waals surface area contributed by atoms with Crippen LogP contribution in [0.3, 0.4) is 0 Å². The number of methoxy groups -OCH3 is 2. The highest BCUT2D eigenvalue weighted by atomic mass is 16.5. The molecule has 4 heteroatoms. The van der Waals surface area contributed by atoms with E-state index in [0.717, 1.165) is 22.4 Å². The van der Waals surface area contributed by atoms with Crippen molar-refractivity contribution in [2.24, 2.45) is 0 Å². The molecule has 0 aliphatic rings. The number of benzene rings is 2. The summed E-state index contributed by atoms with van der Waals surface area (Å²) in [6.07, 6.45) is 0. The fourth-order valence-electron chi connectivity index (χ4n) is 2.55. The predicted octanol–water partition coefficient (Wildman–Crippen LogP) is 4.09. The van der Waals surface area contributed by atoms with E-state index in [1.165, 1.54) is 7.11 Å². The maximum atomic E-state index is 12.7. The van der Waals surface area contributed by atoms with Gasteiger partial charge in [0, 0.05) is 5.56 Å². The van der Waals surface area contributed by atoms with E-state index in [-0.39, 0.29) is 11.2 Å². The Bertz CT molecular complexity index is 921. The molecule has 0 saturated heterocycles. The third kappa shape index (κ3) is 2.57. The van der Waals surface area contributed by atoms with Crippen LogP contribution < -0.4 is 14.9 Å². The summed E-state index contributed by atoms with van der Waals surface area (Å²) in [6, 6.07) is 11.0. The molecule has 3 aromatic rings. The summed E-state index contributed by atoms with van der Waals surface area (Å²) in [5.41, 5.74) is 3.28. The molecule has 4 nitrogen and oxygen atoms in total. The van der Waals surface area contributed by atoms with Crippen LogP contribution in [-0.2, 0) is 0 Å². The molecule has 0 spiro atoms. The Morgan fingerprint density at radius 3 is 2.17 bits per heavy atom. The first-order chi connectivity index (χ1) is 11.0. The average molecular weight is 310 g/mol. The van der Waals surface area contributed by atoms with E-state index in [1.54, 1.807) is 7.11 Å². The van der Waals surface area contributed by atoms with Crippen LogP contribution >= 0.6 is 0 Å². The number of hydrogen-bond acceptors (Lipinski definition) is 4. The fourth-order valence-corrected chi connectivity index (χ4v) is 2.55. The van der Waals surface area contributed by atoms with Gasteiger partial charge in [0.25, 0.3) is 0 Å². The Balaban J connectivity index is 2.30. The highest BCUT2D eigenvalue weighted by Crippen LogP contribution is 2.32. The summed E-state index contributed by atoms with van der Waals surface area (Å²) in [5.74, 6) is 1.38. The lowest BCUT2D eigenvalue weighted by Crippen LogP contribution is -2.08. The quantitative estimate of drug-likeness (QED) is 0.731. The molecule has 1 aromatic heterocycles. The number of rotatable bonds is 3. The van der Waals surface area contributed by atoms with E-state index in [4.69, 9.17) is 13.9 Å². The molecule has 0 atom stereocenters. The molecule has 0 unspecified atom stereocenters. The number of aryl methyl sites for hydroxylation is 2. The molecule has 0 bridgehead atoms. The molecule has 0 amide bonds. The fraction of sp³-hybridized carbons (Fsp3) is 0.211. The van der Waals surface area contributed by atoms with E-state index in [2.05, 4.69) is 0 Å². The molecule has 3 rings (SSSR count). The van der Waals surface area contributed by atoms with Crippen molar-refractivity contribution in [2.45, 2.75) is 13.8 Å². The summed E-state index contributed by atoms with van der Waals surface area (Å²) >= 11 is 0. The second-order valence-electron chi connectivity index (χ2n) is 5.45. The minimum absolute atomic E-state index is 0.164. The zero-order valence-electron chi connectivity index (χ0n) is 13.6. The van der Waals surface area contributed by atoms with Gasteiger partial charge < -0.3 is 13.9 Å². The topological polar surface area (TPSA) is 48.7 Å². The molecule has 0 aliphatic carbocycles. The van der Waals surface area contributed by atoms with Gasteiger partial charge in [-0.1, -0.05) is 0 Å². The van der Waals surface area contributed by atoms with E-state index in [9.17, 15) is 4.79 Å². The van der Waals surface area contributed by atoms with E-state index in [0.29, 0.717) is 16.7 Å². The summed E-state index contributed by atoms with van der Waals surface area (Å²) < 4.78 is 16.5. The van der Waals surface area contributed by atoms with E-state index >= 15 is 0 Å². The summed E-state index contributed by atoms with van der Waals surface area (Å²) in [4.78, 5) is 12.7. The molecule has 0 N–H and O–H groups in total. The number of hydrogen-bond donors (Lipinski definition) is 0. The van der Waals surface area contributed by atoms with Crippen LogP contribution in [0.1, 0.15) is 11.1 Å². The van der Waals surface area contributed by atoms with Crippen molar-refractivity contribution in [3.05, 3.63) is 57.7 Å². The Kier molecular flexibility index (Phi) is 3.82. The van der Waals surface area contributed by atoms with Crippen LogP contribution in [0.4, 0.5) is 0 Å². The van der Waals surface area contributed by atoms with Gasteiger partial charge >= 0.3 is 0 Å². The second kappa shape index (κ2) is 5.80. The first-order valence-corrected chi connectivity index (χ1v) is 7.31. The van der Waals surface area contributed by atoms with Gasteiger partial charge in [-0.25, -0.2) is 0 Å². The molecular weight excluding hydrogens is 292 g/mol.